The number of aliphatic hydroxyl groups excluding tert-OH is 2. The second kappa shape index (κ2) is 26.7. The van der Waals surface area contributed by atoms with Gasteiger partial charge >= 0.3 is 17.8 Å². The van der Waals surface area contributed by atoms with Crippen molar-refractivity contribution in [2.75, 3.05) is 39.3 Å². The van der Waals surface area contributed by atoms with Crippen LogP contribution < -0.4 is 26.7 Å². The molecule has 2 saturated heterocycles. The Morgan fingerprint density at radius 2 is 1.05 bits per heavy atom. The van der Waals surface area contributed by atoms with Gasteiger partial charge in [-0.15, -0.1) is 0 Å². The molecular formula is C58H71F4N7O7. The number of aromatic nitrogens is 2. The third-order valence-electron chi connectivity index (χ3n) is 14.0. The van der Waals surface area contributed by atoms with Crippen molar-refractivity contribution in [3.05, 3.63) is 144 Å². The Bertz CT molecular complexity index is 2790. The fourth-order valence-electron chi connectivity index (χ4n) is 9.18. The third kappa shape index (κ3) is 16.9. The number of hydrogen-bond donors (Lipinski definition) is 6. The number of carbonyl (C=O) groups is 2. The molecule has 4 aromatic carbocycles. The molecule has 4 atom stereocenters. The van der Waals surface area contributed by atoms with E-state index in [1.54, 1.807) is 24.4 Å². The van der Waals surface area contributed by atoms with E-state index >= 15 is 8.78 Å². The first-order valence-electron chi connectivity index (χ1n) is 26.2. The number of alkyl halides is 4. The summed E-state index contributed by atoms with van der Waals surface area (Å²) in [5, 5.41) is 36.2. The van der Waals surface area contributed by atoms with E-state index in [-0.39, 0.29) is 37.7 Å². The first-order chi connectivity index (χ1) is 36.1. The molecule has 18 heteroatoms. The van der Waals surface area contributed by atoms with Gasteiger partial charge in [0.05, 0.1) is 12.1 Å². The topological polar surface area (TPSA) is 219 Å². The lowest BCUT2D eigenvalue weighted by Gasteiger charge is -2.30. The first kappa shape index (κ1) is 57.4. The minimum atomic E-state index is -3.66. The van der Waals surface area contributed by atoms with Crippen LogP contribution in [0.2, 0.25) is 0 Å². The van der Waals surface area contributed by atoms with Crippen LogP contribution in [-0.2, 0) is 22.4 Å². The third-order valence-corrected chi connectivity index (χ3v) is 14.0. The molecule has 0 spiro atoms. The number of fused-ring (bicyclic) bond motifs is 2. The Hall–Kier alpha value is -6.28. The summed E-state index contributed by atoms with van der Waals surface area (Å²) in [6, 6.07) is 32.2. The van der Waals surface area contributed by atoms with E-state index in [0.29, 0.717) is 23.4 Å². The molecule has 4 fully saturated rings. The van der Waals surface area contributed by atoms with Crippen LogP contribution in [0.25, 0.3) is 21.5 Å². The number of amides is 1. The summed E-state index contributed by atoms with van der Waals surface area (Å²) in [5.74, 6) is -9.56. The number of halogens is 4. The predicted molar refractivity (Wildman–Crippen MR) is 284 cm³/mol. The average molecular weight is 1050 g/mol. The molecule has 4 aliphatic rings. The van der Waals surface area contributed by atoms with Gasteiger partial charge in [0.2, 0.25) is 11.8 Å². The first-order valence-corrected chi connectivity index (χ1v) is 26.2. The summed E-state index contributed by atoms with van der Waals surface area (Å²) in [7, 11) is 0. The number of nitrogens with two attached hydrogens (primary N) is 1. The number of aryl methyl sites for hydroxylation is 2. The molecule has 0 bridgehead atoms. The van der Waals surface area contributed by atoms with Gasteiger partial charge < -0.3 is 51.8 Å². The van der Waals surface area contributed by atoms with Gasteiger partial charge in [-0.2, -0.15) is 17.6 Å². The van der Waals surface area contributed by atoms with Crippen LogP contribution in [0, 0.1) is 0 Å². The number of benzene rings is 4. The van der Waals surface area contributed by atoms with Crippen LogP contribution in [0.15, 0.2) is 122 Å². The summed E-state index contributed by atoms with van der Waals surface area (Å²) in [6.07, 6.45) is 9.40. The minimum absolute atomic E-state index is 0. The Labute approximate surface area is 441 Å². The van der Waals surface area contributed by atoms with Gasteiger partial charge in [-0.05, 0) is 135 Å². The van der Waals surface area contributed by atoms with Gasteiger partial charge in [-0.1, -0.05) is 84.9 Å². The number of carbonyl (C=O) groups excluding carboxylic acids is 1. The van der Waals surface area contributed by atoms with Crippen molar-refractivity contribution < 1.29 is 51.9 Å². The zero-order valence-electron chi connectivity index (χ0n) is 42.8. The van der Waals surface area contributed by atoms with E-state index in [9.17, 15) is 28.6 Å². The molecule has 9 N–H and O–H groups in total. The van der Waals surface area contributed by atoms with Crippen LogP contribution in [0.1, 0.15) is 98.7 Å². The molecule has 2 saturated carbocycles. The Morgan fingerprint density at radius 1 is 0.618 bits per heavy atom. The van der Waals surface area contributed by atoms with Crippen LogP contribution in [0.4, 0.5) is 17.6 Å². The molecule has 6 aromatic rings. The molecule has 14 nitrogen and oxygen atoms in total. The van der Waals surface area contributed by atoms with Gasteiger partial charge in [0.1, 0.15) is 18.3 Å². The summed E-state index contributed by atoms with van der Waals surface area (Å²) in [6.45, 7) is 4.82. The lowest BCUT2D eigenvalue weighted by Crippen LogP contribution is -2.51. The number of nitrogens with one attached hydrogen (secondary N) is 1. The van der Waals surface area contributed by atoms with Crippen molar-refractivity contribution in [2.45, 2.75) is 125 Å². The number of carboxylic acid groups (broad SMARTS) is 1. The normalized spacial score (nSPS) is 17.5. The maximum Gasteiger partial charge on any atom is 0.374 e. The lowest BCUT2D eigenvalue weighted by molar-refractivity contribution is -0.165. The van der Waals surface area contributed by atoms with Crippen molar-refractivity contribution in [3.63, 3.8) is 0 Å². The number of hydrogen-bond acceptors (Lipinski definition) is 12. The number of nitrogens with zero attached hydrogens (tertiary/aromatic N) is 4. The fraction of sp³-hybridized carbons (Fsp3) is 0.448. The highest BCUT2D eigenvalue weighted by Gasteiger charge is 2.41. The summed E-state index contributed by atoms with van der Waals surface area (Å²) < 4.78 is 67.1. The maximum absolute atomic E-state index is 15.0. The van der Waals surface area contributed by atoms with Crippen molar-refractivity contribution >= 4 is 33.4 Å². The van der Waals surface area contributed by atoms with E-state index in [2.05, 4.69) is 25.1 Å². The Morgan fingerprint density at radius 3 is 1.49 bits per heavy atom. The molecule has 2 aliphatic heterocycles. The number of aliphatic carboxylic acids is 1. The summed E-state index contributed by atoms with van der Waals surface area (Å²) >= 11 is 0. The number of ether oxygens (including phenoxy) is 2. The van der Waals surface area contributed by atoms with E-state index < -0.39 is 54.8 Å². The average Bonchev–Trinajstić information content (AvgIpc) is 4.31. The van der Waals surface area contributed by atoms with Crippen molar-refractivity contribution in [1.29, 1.82) is 0 Å². The fourth-order valence-corrected chi connectivity index (χ4v) is 9.18. The molecule has 1 unspecified atom stereocenters. The minimum Gasteiger partial charge on any atom is -0.477 e. The van der Waals surface area contributed by atoms with Crippen LogP contribution in [0.3, 0.4) is 0 Å². The SMILES string of the molecule is N.N[C@H](CN1CCCC1)C(O)c1ccc(OC2CC2)nc1.O=C(N[C@H](CN1CCCC1)[C@H](O)c1ccc(OC2CC2)nc1)C(F)(F)CCc1ccc2ccccc2c1.O=C(O)C(F)(F)CCc1ccc2ccccc2c1. The molecule has 76 heavy (non-hydrogen) atoms. The van der Waals surface area contributed by atoms with Crippen molar-refractivity contribution in [3.8, 4) is 11.8 Å². The molecule has 0 radical (unpaired) electrons. The van der Waals surface area contributed by atoms with Crippen molar-refractivity contribution in [1.82, 2.24) is 31.2 Å². The van der Waals surface area contributed by atoms with E-state index in [0.717, 1.165) is 109 Å². The van der Waals surface area contributed by atoms with Gasteiger partial charge in [0, 0.05) is 67.6 Å². The maximum atomic E-state index is 15.0. The summed E-state index contributed by atoms with van der Waals surface area (Å²) in [4.78, 5) is 36.0. The van der Waals surface area contributed by atoms with Crippen LogP contribution in [-0.4, -0.2) is 122 Å². The zero-order valence-corrected chi connectivity index (χ0v) is 42.8. The predicted octanol–water partition coefficient (Wildman–Crippen LogP) is 9.39. The molecule has 1 amide bonds. The molecular weight excluding hydrogens is 983 g/mol. The zero-order chi connectivity index (χ0) is 53.0. The second-order valence-electron chi connectivity index (χ2n) is 20.2. The Kier molecular flexibility index (Phi) is 20.1. The van der Waals surface area contributed by atoms with E-state index in [1.165, 1.54) is 19.0 Å². The highest BCUT2D eigenvalue weighted by atomic mass is 19.3. The van der Waals surface area contributed by atoms with Gasteiger partial charge in [-0.25, -0.2) is 14.8 Å². The number of pyridine rings is 2. The number of aliphatic hydroxyl groups is 2. The molecule has 2 aliphatic carbocycles. The highest BCUT2D eigenvalue weighted by molar-refractivity contribution is 5.85. The lowest BCUT2D eigenvalue weighted by atomic mass is 10.0. The van der Waals surface area contributed by atoms with Gasteiger partial charge in [0.25, 0.3) is 5.91 Å². The highest BCUT2D eigenvalue weighted by Crippen LogP contribution is 2.30. The quantitative estimate of drug-likeness (QED) is 0.0371. The number of likely N-dealkylation sites (tertiary alicyclic amines) is 2. The monoisotopic (exact) mass is 1050 g/mol. The molecule has 2 aromatic heterocycles. The van der Waals surface area contributed by atoms with Crippen molar-refractivity contribution in [2.24, 2.45) is 5.73 Å². The Balaban J connectivity index is 0.000000182. The second-order valence-corrected chi connectivity index (χ2v) is 20.2. The van der Waals surface area contributed by atoms with E-state index in [4.69, 9.17) is 20.3 Å². The molecule has 10 rings (SSSR count). The molecule has 4 heterocycles. The smallest absolute Gasteiger partial charge is 0.374 e. The summed E-state index contributed by atoms with van der Waals surface area (Å²) in [5.41, 5.74) is 8.79. The van der Waals surface area contributed by atoms with Gasteiger partial charge in [-0.3, -0.25) is 4.79 Å². The largest absolute Gasteiger partial charge is 0.477 e. The van der Waals surface area contributed by atoms with Gasteiger partial charge in [0.15, 0.2) is 0 Å². The van der Waals surface area contributed by atoms with E-state index in [1.807, 2.05) is 91.0 Å². The molecule has 408 valence electrons. The number of carboxylic acids is 1. The number of rotatable bonds is 21. The van der Waals surface area contributed by atoms with Crippen LogP contribution >= 0.6 is 0 Å². The standard InChI is InChI=1S/C29H33F2N3O3.C15H23N3O2.C14H12F2O2.H3N/c30-29(31,14-13-20-7-8-21-5-1-2-6-22(21)17-20)28(36)33-25(19-34-15-3-4-16-34)27(35)23-9-12-26(32-18-23)37-24-10-11-24;16-13(10-18-7-1-2-8-18)15(19)11-3-6-14(17-9-11)20-12-4-5-12;15-14(16,13(17)18)8-7-10-5-6-11-3-1-2-4-12(11)9-10;/h1-2,5-9,12,17-18,24-25,27,35H,3-4,10-11,13-16,19H2,(H,33,36);3,6,9,12-13,15,19H,1-2,4-5,7-8,10,16H2;1-6,9H,7-8H2,(H,17,18);1H3/t25-,27-;13-,15?;;/m11../s1. The van der Waals surface area contributed by atoms with Crippen LogP contribution in [0.5, 0.6) is 11.8 Å².